The Morgan fingerprint density at radius 2 is 2.21 bits per heavy atom. The Hall–Kier alpha value is -1.94. The molecule has 0 amide bonds. The lowest BCUT2D eigenvalue weighted by Gasteiger charge is -2.26. The van der Waals surface area contributed by atoms with Crippen LogP contribution in [-0.2, 0) is 13.1 Å². The predicted molar refractivity (Wildman–Crippen MR) is 75.8 cm³/mol. The van der Waals surface area contributed by atoms with Crippen molar-refractivity contribution in [3.8, 4) is 0 Å². The number of hydrogen-bond acceptors (Lipinski definition) is 4. The standard InChI is InChI=1S/C15H18N4/c1-12-10-19(11-14-9-16-6-7-17-14)15-5-3-2-4-13(15)8-18-12/h2-7,9,12,18H,8,10-11H2,1H3. The van der Waals surface area contributed by atoms with Crippen LogP contribution < -0.4 is 10.2 Å². The molecule has 0 saturated carbocycles. The van der Waals surface area contributed by atoms with Gasteiger partial charge < -0.3 is 10.2 Å². The molecule has 1 aliphatic heterocycles. The van der Waals surface area contributed by atoms with Gasteiger partial charge in [-0.1, -0.05) is 18.2 Å². The maximum absolute atomic E-state index is 4.38. The zero-order chi connectivity index (χ0) is 13.1. The minimum atomic E-state index is 0.462. The van der Waals surface area contributed by atoms with E-state index in [2.05, 4.69) is 51.4 Å². The van der Waals surface area contributed by atoms with Gasteiger partial charge in [0, 0.05) is 37.2 Å². The molecule has 0 bridgehead atoms. The van der Waals surface area contributed by atoms with Gasteiger partial charge in [0.2, 0.25) is 0 Å². The third-order valence-electron chi connectivity index (χ3n) is 3.44. The van der Waals surface area contributed by atoms with Gasteiger partial charge in [0.15, 0.2) is 0 Å². The fourth-order valence-electron chi connectivity index (χ4n) is 2.50. The van der Waals surface area contributed by atoms with Crippen LogP contribution in [0, 0.1) is 0 Å². The second-order valence-electron chi connectivity index (χ2n) is 4.99. The molecule has 1 aromatic carbocycles. The molecule has 0 radical (unpaired) electrons. The van der Waals surface area contributed by atoms with Gasteiger partial charge in [-0.3, -0.25) is 9.97 Å². The number of para-hydroxylation sites is 1. The first kappa shape index (κ1) is 12.1. The highest BCUT2D eigenvalue weighted by Crippen LogP contribution is 2.24. The highest BCUT2D eigenvalue weighted by atomic mass is 15.2. The normalized spacial score (nSPS) is 18.8. The molecule has 0 aliphatic carbocycles. The number of rotatable bonds is 2. The second kappa shape index (κ2) is 5.36. The van der Waals surface area contributed by atoms with Crippen molar-refractivity contribution in [2.45, 2.75) is 26.1 Å². The summed E-state index contributed by atoms with van der Waals surface area (Å²) in [5.74, 6) is 0. The van der Waals surface area contributed by atoms with E-state index in [1.165, 1.54) is 11.3 Å². The summed E-state index contributed by atoms with van der Waals surface area (Å²) in [5, 5.41) is 3.54. The Labute approximate surface area is 113 Å². The van der Waals surface area contributed by atoms with E-state index in [4.69, 9.17) is 0 Å². The number of benzene rings is 1. The summed E-state index contributed by atoms with van der Waals surface area (Å²) in [6, 6.07) is 9.02. The highest BCUT2D eigenvalue weighted by Gasteiger charge is 2.18. The Bertz CT molecular complexity index is 541. The topological polar surface area (TPSA) is 41.1 Å². The summed E-state index contributed by atoms with van der Waals surface area (Å²) in [6.07, 6.45) is 5.30. The number of hydrogen-bond donors (Lipinski definition) is 1. The lowest BCUT2D eigenvalue weighted by atomic mass is 10.1. The van der Waals surface area contributed by atoms with Crippen molar-refractivity contribution >= 4 is 5.69 Å². The molecule has 1 aliphatic rings. The lowest BCUT2D eigenvalue weighted by Crippen LogP contribution is -2.35. The molecule has 98 valence electrons. The first-order valence-corrected chi connectivity index (χ1v) is 6.64. The smallest absolute Gasteiger partial charge is 0.0779 e. The van der Waals surface area contributed by atoms with Gasteiger partial charge in [-0.05, 0) is 18.6 Å². The molecule has 0 fully saturated rings. The van der Waals surface area contributed by atoms with Gasteiger partial charge in [-0.25, -0.2) is 0 Å². The number of aromatic nitrogens is 2. The van der Waals surface area contributed by atoms with Crippen molar-refractivity contribution in [2.24, 2.45) is 0 Å². The van der Waals surface area contributed by atoms with Gasteiger partial charge in [0.25, 0.3) is 0 Å². The van der Waals surface area contributed by atoms with E-state index in [1.807, 2.05) is 6.20 Å². The van der Waals surface area contributed by atoms with Crippen LogP contribution in [0.5, 0.6) is 0 Å². The van der Waals surface area contributed by atoms with Crippen LogP contribution in [0.2, 0.25) is 0 Å². The van der Waals surface area contributed by atoms with E-state index < -0.39 is 0 Å². The molecular formula is C15H18N4. The fraction of sp³-hybridized carbons (Fsp3) is 0.333. The van der Waals surface area contributed by atoms with Crippen molar-refractivity contribution in [3.63, 3.8) is 0 Å². The third-order valence-corrected chi connectivity index (χ3v) is 3.44. The predicted octanol–water partition coefficient (Wildman–Crippen LogP) is 1.97. The zero-order valence-electron chi connectivity index (χ0n) is 11.1. The Kier molecular flexibility index (Phi) is 3.42. The number of fused-ring (bicyclic) bond motifs is 1. The van der Waals surface area contributed by atoms with E-state index in [-0.39, 0.29) is 0 Å². The SMILES string of the molecule is CC1CN(Cc2cnccn2)c2ccccc2CN1. The minimum absolute atomic E-state index is 0.462. The lowest BCUT2D eigenvalue weighted by molar-refractivity contribution is 0.551. The van der Waals surface area contributed by atoms with Crippen LogP contribution >= 0.6 is 0 Å². The number of nitrogens with one attached hydrogen (secondary N) is 1. The second-order valence-corrected chi connectivity index (χ2v) is 4.99. The monoisotopic (exact) mass is 254 g/mol. The van der Waals surface area contributed by atoms with Gasteiger partial charge >= 0.3 is 0 Å². The van der Waals surface area contributed by atoms with E-state index in [1.54, 1.807) is 12.4 Å². The molecule has 0 saturated heterocycles. The summed E-state index contributed by atoms with van der Waals surface area (Å²) in [5.41, 5.74) is 3.65. The zero-order valence-corrected chi connectivity index (χ0v) is 11.1. The largest absolute Gasteiger partial charge is 0.364 e. The number of nitrogens with zero attached hydrogens (tertiary/aromatic N) is 3. The highest BCUT2D eigenvalue weighted by molar-refractivity contribution is 5.54. The van der Waals surface area contributed by atoms with Crippen LogP contribution in [0.25, 0.3) is 0 Å². The first-order chi connectivity index (χ1) is 9.33. The molecule has 1 unspecified atom stereocenters. The van der Waals surface area contributed by atoms with E-state index in [0.29, 0.717) is 6.04 Å². The van der Waals surface area contributed by atoms with Crippen molar-refractivity contribution in [1.29, 1.82) is 0 Å². The maximum Gasteiger partial charge on any atom is 0.0779 e. The van der Waals surface area contributed by atoms with Crippen LogP contribution in [0.4, 0.5) is 5.69 Å². The van der Waals surface area contributed by atoms with Gasteiger partial charge in [-0.15, -0.1) is 0 Å². The van der Waals surface area contributed by atoms with Crippen molar-refractivity contribution in [2.75, 3.05) is 11.4 Å². The van der Waals surface area contributed by atoms with Crippen LogP contribution in [0.15, 0.2) is 42.9 Å². The molecule has 1 N–H and O–H groups in total. The average Bonchev–Trinajstić information content (AvgIpc) is 2.60. The van der Waals surface area contributed by atoms with Crippen molar-refractivity contribution < 1.29 is 0 Å². The summed E-state index contributed by atoms with van der Waals surface area (Å²) in [4.78, 5) is 10.9. The molecule has 4 nitrogen and oxygen atoms in total. The van der Waals surface area contributed by atoms with Crippen LogP contribution in [0.3, 0.4) is 0 Å². The first-order valence-electron chi connectivity index (χ1n) is 6.64. The summed E-state index contributed by atoms with van der Waals surface area (Å²) < 4.78 is 0. The van der Waals surface area contributed by atoms with Crippen molar-refractivity contribution in [3.05, 3.63) is 54.1 Å². The summed E-state index contributed by atoms with van der Waals surface area (Å²) >= 11 is 0. The summed E-state index contributed by atoms with van der Waals surface area (Å²) in [6.45, 7) is 4.92. The molecule has 2 heterocycles. The van der Waals surface area contributed by atoms with Crippen molar-refractivity contribution in [1.82, 2.24) is 15.3 Å². The van der Waals surface area contributed by atoms with Crippen LogP contribution in [-0.4, -0.2) is 22.6 Å². The van der Waals surface area contributed by atoms with Gasteiger partial charge in [0.05, 0.1) is 18.4 Å². The molecule has 4 heteroatoms. The van der Waals surface area contributed by atoms with Gasteiger partial charge in [-0.2, -0.15) is 0 Å². The molecule has 19 heavy (non-hydrogen) atoms. The Balaban J connectivity index is 1.90. The number of anilines is 1. The Morgan fingerprint density at radius 3 is 3.05 bits per heavy atom. The van der Waals surface area contributed by atoms with E-state index >= 15 is 0 Å². The summed E-state index contributed by atoms with van der Waals surface area (Å²) in [7, 11) is 0. The van der Waals surface area contributed by atoms with Gasteiger partial charge in [0.1, 0.15) is 0 Å². The van der Waals surface area contributed by atoms with E-state index in [9.17, 15) is 0 Å². The molecule has 1 atom stereocenters. The average molecular weight is 254 g/mol. The minimum Gasteiger partial charge on any atom is -0.364 e. The molecule has 0 spiro atoms. The third kappa shape index (κ3) is 2.74. The van der Waals surface area contributed by atoms with Crippen LogP contribution in [0.1, 0.15) is 18.2 Å². The fourth-order valence-corrected chi connectivity index (χ4v) is 2.50. The molecule has 3 rings (SSSR count). The molecule has 1 aromatic heterocycles. The Morgan fingerprint density at radius 1 is 1.32 bits per heavy atom. The molecular weight excluding hydrogens is 236 g/mol. The quantitative estimate of drug-likeness (QED) is 0.889. The van der Waals surface area contributed by atoms with E-state index in [0.717, 1.165) is 25.3 Å². The molecule has 2 aromatic rings. The maximum atomic E-state index is 4.38.